The van der Waals surface area contributed by atoms with Crippen LogP contribution in [0.3, 0.4) is 0 Å². The second kappa shape index (κ2) is 13.1. The lowest BCUT2D eigenvalue weighted by Crippen LogP contribution is -2.31. The van der Waals surface area contributed by atoms with E-state index in [1.54, 1.807) is 0 Å². The average molecular weight is 404 g/mol. The van der Waals surface area contributed by atoms with Gasteiger partial charge in [0.15, 0.2) is 6.04 Å². The van der Waals surface area contributed by atoms with Gasteiger partial charge in [-0.05, 0) is 12.8 Å². The van der Waals surface area contributed by atoms with Crippen LogP contribution in [0.4, 0.5) is 0 Å². The lowest BCUT2D eigenvalue weighted by molar-refractivity contribution is -0.697. The molecule has 0 saturated heterocycles. The Bertz CT molecular complexity index is 767. The predicted molar refractivity (Wildman–Crippen MR) is 127 cm³/mol. The maximum atomic E-state index is 2.35. The fraction of sp³-hybridized carbons (Fsp3) is 0.464. The van der Waals surface area contributed by atoms with Crippen molar-refractivity contribution >= 4 is 0 Å². The van der Waals surface area contributed by atoms with E-state index in [0.29, 0.717) is 0 Å². The largest absolute Gasteiger partial charge is 0.244 e. The zero-order chi connectivity index (χ0) is 20.9. The molecule has 0 amide bonds. The predicted octanol–water partition coefficient (Wildman–Crippen LogP) is 7.33. The molecule has 2 heteroatoms. The Labute approximate surface area is 183 Å². The molecule has 0 N–H and O–H groups in total. The minimum atomic E-state index is 0.223. The number of nitrogens with zero attached hydrogens (tertiary/aromatic N) is 2. The summed E-state index contributed by atoms with van der Waals surface area (Å²) in [5, 5.41) is 0. The second-order valence-corrected chi connectivity index (χ2v) is 8.50. The van der Waals surface area contributed by atoms with Crippen molar-refractivity contribution in [2.75, 3.05) is 0 Å². The molecule has 160 valence electrons. The number of imidazole rings is 1. The van der Waals surface area contributed by atoms with E-state index >= 15 is 0 Å². The van der Waals surface area contributed by atoms with Gasteiger partial charge in [-0.3, -0.25) is 0 Å². The van der Waals surface area contributed by atoms with E-state index in [1.807, 2.05) is 0 Å². The number of hydrogen-bond acceptors (Lipinski definition) is 0. The minimum Gasteiger partial charge on any atom is -0.237 e. The first-order valence-electron chi connectivity index (χ1n) is 12.0. The van der Waals surface area contributed by atoms with Crippen molar-refractivity contribution in [2.45, 2.75) is 83.7 Å². The third-order valence-electron chi connectivity index (χ3n) is 6.01. The Kier molecular flexibility index (Phi) is 9.72. The third-order valence-corrected chi connectivity index (χ3v) is 6.01. The first-order chi connectivity index (χ1) is 14.9. The van der Waals surface area contributed by atoms with Gasteiger partial charge in [0.05, 0.1) is 6.54 Å². The summed E-state index contributed by atoms with van der Waals surface area (Å²) >= 11 is 0. The maximum absolute atomic E-state index is 2.35. The van der Waals surface area contributed by atoms with Gasteiger partial charge in [0.2, 0.25) is 6.33 Å². The van der Waals surface area contributed by atoms with E-state index < -0.39 is 0 Å². The molecule has 0 atom stereocenters. The van der Waals surface area contributed by atoms with Crippen LogP contribution in [0, 0.1) is 0 Å². The Balaban J connectivity index is 1.47. The summed E-state index contributed by atoms with van der Waals surface area (Å²) in [6.45, 7) is 3.40. The molecular formula is C28H39N2+. The lowest BCUT2D eigenvalue weighted by atomic mass is 9.99. The summed E-state index contributed by atoms with van der Waals surface area (Å²) in [6.07, 6.45) is 20.6. The van der Waals surface area contributed by atoms with Crippen LogP contribution in [0.2, 0.25) is 0 Å². The zero-order valence-electron chi connectivity index (χ0n) is 18.8. The molecule has 0 spiro atoms. The van der Waals surface area contributed by atoms with Crippen LogP contribution in [0.1, 0.15) is 88.3 Å². The van der Waals surface area contributed by atoms with Gasteiger partial charge in [-0.15, -0.1) is 0 Å². The SMILES string of the molecule is CCCCCCCCCCCC[n+]1ccn(C(c2ccccc2)c2ccccc2)c1. The van der Waals surface area contributed by atoms with Gasteiger partial charge in [-0.1, -0.05) is 119 Å². The molecule has 3 rings (SSSR count). The normalized spacial score (nSPS) is 11.3. The summed E-state index contributed by atoms with van der Waals surface area (Å²) in [6, 6.07) is 21.8. The van der Waals surface area contributed by atoms with Gasteiger partial charge in [0.25, 0.3) is 0 Å². The van der Waals surface area contributed by atoms with Gasteiger partial charge in [-0.2, -0.15) is 0 Å². The summed E-state index contributed by atoms with van der Waals surface area (Å²) in [5.41, 5.74) is 2.65. The van der Waals surface area contributed by atoms with Crippen molar-refractivity contribution in [1.29, 1.82) is 0 Å². The molecule has 0 unspecified atom stereocenters. The molecule has 3 aromatic rings. The quantitative estimate of drug-likeness (QED) is 0.197. The van der Waals surface area contributed by atoms with Crippen LogP contribution in [0.25, 0.3) is 0 Å². The molecule has 1 heterocycles. The fourth-order valence-electron chi connectivity index (χ4n) is 4.29. The second-order valence-electron chi connectivity index (χ2n) is 8.50. The molecule has 30 heavy (non-hydrogen) atoms. The number of aryl methyl sites for hydroxylation is 1. The van der Waals surface area contributed by atoms with Crippen LogP contribution in [-0.2, 0) is 6.54 Å². The van der Waals surface area contributed by atoms with Crippen molar-refractivity contribution in [2.24, 2.45) is 0 Å². The monoisotopic (exact) mass is 403 g/mol. The molecule has 0 aliphatic carbocycles. The van der Waals surface area contributed by atoms with E-state index in [4.69, 9.17) is 0 Å². The van der Waals surface area contributed by atoms with Gasteiger partial charge < -0.3 is 0 Å². The molecule has 1 aromatic heterocycles. The molecule has 0 fully saturated rings. The molecule has 0 saturated carbocycles. The molecule has 0 aliphatic rings. The fourth-order valence-corrected chi connectivity index (χ4v) is 4.29. The highest BCUT2D eigenvalue weighted by molar-refractivity contribution is 5.32. The van der Waals surface area contributed by atoms with Gasteiger partial charge in [0.1, 0.15) is 12.4 Å². The van der Waals surface area contributed by atoms with Crippen LogP contribution in [0.5, 0.6) is 0 Å². The number of unbranched alkanes of at least 4 members (excludes halogenated alkanes) is 9. The van der Waals surface area contributed by atoms with Crippen molar-refractivity contribution in [1.82, 2.24) is 4.57 Å². The highest BCUT2D eigenvalue weighted by atomic mass is 15.1. The highest BCUT2D eigenvalue weighted by Gasteiger charge is 2.21. The summed E-state index contributed by atoms with van der Waals surface area (Å²) < 4.78 is 4.70. The van der Waals surface area contributed by atoms with E-state index in [1.165, 1.54) is 75.3 Å². The zero-order valence-corrected chi connectivity index (χ0v) is 18.8. The Morgan fingerprint density at radius 3 is 1.70 bits per heavy atom. The molecule has 0 aliphatic heterocycles. The number of hydrogen-bond donors (Lipinski definition) is 0. The first kappa shape index (κ1) is 22.3. The van der Waals surface area contributed by atoms with Crippen LogP contribution < -0.4 is 4.57 Å². The van der Waals surface area contributed by atoms with E-state index in [9.17, 15) is 0 Å². The number of rotatable bonds is 14. The average Bonchev–Trinajstić information content (AvgIpc) is 3.25. The molecular weight excluding hydrogens is 364 g/mol. The topological polar surface area (TPSA) is 8.81 Å². The van der Waals surface area contributed by atoms with E-state index in [-0.39, 0.29) is 6.04 Å². The lowest BCUT2D eigenvalue weighted by Gasteiger charge is -2.14. The standard InChI is InChI=1S/C28H39N2/c1-2-3-4-5-6-7-8-9-10-17-22-29-23-24-30(25-29)28(26-18-13-11-14-19-26)27-20-15-12-16-21-27/h11-16,18-21,23-25,28H,2-10,17,22H2,1H3/q+1. The molecule has 2 aromatic carbocycles. The van der Waals surface area contributed by atoms with E-state index in [0.717, 1.165) is 6.54 Å². The van der Waals surface area contributed by atoms with Crippen LogP contribution in [0.15, 0.2) is 79.4 Å². The number of aromatic nitrogens is 2. The third kappa shape index (κ3) is 7.16. The summed E-state index contributed by atoms with van der Waals surface area (Å²) in [5.74, 6) is 0. The van der Waals surface area contributed by atoms with Gasteiger partial charge >= 0.3 is 0 Å². The highest BCUT2D eigenvalue weighted by Crippen LogP contribution is 2.25. The molecule has 0 radical (unpaired) electrons. The molecule has 0 bridgehead atoms. The maximum Gasteiger partial charge on any atom is 0.244 e. The Morgan fingerprint density at radius 1 is 0.667 bits per heavy atom. The van der Waals surface area contributed by atoms with Crippen molar-refractivity contribution < 1.29 is 4.57 Å². The summed E-state index contributed by atoms with van der Waals surface area (Å²) in [4.78, 5) is 0. The van der Waals surface area contributed by atoms with Crippen LogP contribution in [-0.4, -0.2) is 4.57 Å². The van der Waals surface area contributed by atoms with Crippen LogP contribution >= 0.6 is 0 Å². The summed E-state index contributed by atoms with van der Waals surface area (Å²) in [7, 11) is 0. The van der Waals surface area contributed by atoms with Crippen molar-refractivity contribution in [3.8, 4) is 0 Å². The smallest absolute Gasteiger partial charge is 0.237 e. The minimum absolute atomic E-state index is 0.223. The molecule has 2 nitrogen and oxygen atoms in total. The van der Waals surface area contributed by atoms with Crippen molar-refractivity contribution in [3.63, 3.8) is 0 Å². The Hall–Kier alpha value is -2.35. The number of benzene rings is 2. The van der Waals surface area contributed by atoms with Crippen molar-refractivity contribution in [3.05, 3.63) is 90.5 Å². The van der Waals surface area contributed by atoms with E-state index in [2.05, 4.69) is 95.4 Å². The Morgan fingerprint density at radius 2 is 1.17 bits per heavy atom. The van der Waals surface area contributed by atoms with Gasteiger partial charge in [0, 0.05) is 11.1 Å². The van der Waals surface area contributed by atoms with Gasteiger partial charge in [-0.25, -0.2) is 9.13 Å². The first-order valence-corrected chi connectivity index (χ1v) is 12.0.